The quantitative estimate of drug-likeness (QED) is 0.444. The number of hydrogen-bond acceptors (Lipinski definition) is 9. The van der Waals surface area contributed by atoms with Crippen LogP contribution in [0.1, 0.15) is 56.7 Å². The van der Waals surface area contributed by atoms with E-state index in [0.29, 0.717) is 43.0 Å². The van der Waals surface area contributed by atoms with E-state index in [1.807, 2.05) is 11.8 Å². The fourth-order valence-corrected chi connectivity index (χ4v) is 4.57. The molecule has 1 amide bonds. The maximum atomic E-state index is 12.6. The Morgan fingerprint density at radius 1 is 1.39 bits per heavy atom. The number of aromatic nitrogens is 3. The molecule has 2 unspecified atom stereocenters. The number of nitrogens with one attached hydrogen (secondary N) is 2. The smallest absolute Gasteiger partial charge is 0.350 e. The molecule has 2 aromatic rings. The van der Waals surface area contributed by atoms with Gasteiger partial charge in [0.1, 0.15) is 10.6 Å². The van der Waals surface area contributed by atoms with Crippen molar-refractivity contribution in [1.29, 1.82) is 0 Å². The van der Waals surface area contributed by atoms with Gasteiger partial charge in [-0.1, -0.05) is 29.9 Å². The Morgan fingerprint density at radius 3 is 2.77 bits per heavy atom. The maximum absolute atomic E-state index is 12.6. The van der Waals surface area contributed by atoms with Gasteiger partial charge in [-0.2, -0.15) is 0 Å². The van der Waals surface area contributed by atoms with Crippen LogP contribution < -0.4 is 10.2 Å². The summed E-state index contributed by atoms with van der Waals surface area (Å²) in [6, 6.07) is -0.252. The third kappa shape index (κ3) is 5.05. The molecule has 2 atom stereocenters. The summed E-state index contributed by atoms with van der Waals surface area (Å²) in [5, 5.41) is 3.76. The zero-order chi connectivity index (χ0) is 22.5. The van der Waals surface area contributed by atoms with Gasteiger partial charge in [0.2, 0.25) is 0 Å². The lowest BCUT2D eigenvalue weighted by Crippen LogP contribution is -2.55. The van der Waals surface area contributed by atoms with Gasteiger partial charge in [0, 0.05) is 20.2 Å². The van der Waals surface area contributed by atoms with Crippen LogP contribution in [0.2, 0.25) is 5.15 Å². The second-order valence-electron chi connectivity index (χ2n) is 6.85. The summed E-state index contributed by atoms with van der Waals surface area (Å²) in [5.41, 5.74) is 0.765. The van der Waals surface area contributed by atoms with Crippen molar-refractivity contribution < 1.29 is 23.9 Å². The van der Waals surface area contributed by atoms with Gasteiger partial charge in [-0.25, -0.2) is 14.8 Å². The van der Waals surface area contributed by atoms with Crippen molar-refractivity contribution >= 4 is 46.2 Å². The highest BCUT2D eigenvalue weighted by atomic mass is 35.5. The topological polar surface area (TPSA) is 127 Å². The number of thiazole rings is 1. The Hall–Kier alpha value is -2.50. The molecule has 1 aliphatic heterocycles. The molecule has 0 spiro atoms. The summed E-state index contributed by atoms with van der Waals surface area (Å²) in [6.07, 6.45) is 1.43. The SMILES string of the molecule is CCOC(=O)c1sc(N2CCC(NC(=O)c3nc(Cl)c(CC)[nH]3)C(OC)C2)nc1C=O. The molecule has 3 heterocycles. The number of imidazole rings is 1. The number of anilines is 1. The molecule has 1 aliphatic rings. The molecule has 1 fully saturated rings. The number of halogens is 1. The monoisotopic (exact) mass is 469 g/mol. The number of aldehydes is 1. The standard InChI is InChI=1S/C19H24ClN5O5S/c1-4-10-15(20)24-16(21-10)17(27)22-11-6-7-25(8-13(11)29-3)19-23-12(9-26)14(31-19)18(28)30-5-2/h9,11,13H,4-8H2,1-3H3,(H,21,24)(H,22,27). The number of H-pyrrole nitrogens is 1. The van der Waals surface area contributed by atoms with Gasteiger partial charge in [0.15, 0.2) is 22.4 Å². The lowest BCUT2D eigenvalue weighted by atomic mass is 10.0. The van der Waals surface area contributed by atoms with Crippen LogP contribution >= 0.6 is 22.9 Å². The molecule has 31 heavy (non-hydrogen) atoms. The van der Waals surface area contributed by atoms with Gasteiger partial charge in [-0.3, -0.25) is 9.59 Å². The van der Waals surface area contributed by atoms with Gasteiger partial charge >= 0.3 is 5.97 Å². The van der Waals surface area contributed by atoms with Crippen LogP contribution in [0, 0.1) is 0 Å². The number of nitrogens with zero attached hydrogens (tertiary/aromatic N) is 3. The molecule has 3 rings (SSSR count). The number of aromatic amines is 1. The highest BCUT2D eigenvalue weighted by Gasteiger charge is 2.33. The van der Waals surface area contributed by atoms with Crippen LogP contribution in [0.25, 0.3) is 0 Å². The van der Waals surface area contributed by atoms with E-state index in [2.05, 4.69) is 20.3 Å². The predicted molar refractivity (Wildman–Crippen MR) is 115 cm³/mol. The van der Waals surface area contributed by atoms with Crippen molar-refractivity contribution in [2.45, 2.75) is 38.8 Å². The van der Waals surface area contributed by atoms with E-state index in [0.717, 1.165) is 11.3 Å². The molecular formula is C19H24ClN5O5S. The van der Waals surface area contributed by atoms with Crippen LogP contribution in [0.4, 0.5) is 5.13 Å². The Kier molecular flexibility index (Phi) is 7.63. The lowest BCUT2D eigenvalue weighted by Gasteiger charge is -2.37. The molecule has 0 aromatic carbocycles. The first-order valence-corrected chi connectivity index (χ1v) is 11.1. The van der Waals surface area contributed by atoms with E-state index < -0.39 is 5.97 Å². The minimum atomic E-state index is -0.567. The van der Waals surface area contributed by atoms with Crippen LogP contribution in [-0.2, 0) is 15.9 Å². The first kappa shape index (κ1) is 23.2. The summed E-state index contributed by atoms with van der Waals surface area (Å²) >= 11 is 7.13. The number of piperidine rings is 1. The van der Waals surface area contributed by atoms with Crippen LogP contribution in [0.15, 0.2) is 0 Å². The molecule has 0 bridgehead atoms. The molecule has 2 N–H and O–H groups in total. The minimum absolute atomic E-state index is 0.0595. The third-order valence-electron chi connectivity index (χ3n) is 4.96. The molecule has 1 saturated heterocycles. The maximum Gasteiger partial charge on any atom is 0.350 e. The van der Waals surface area contributed by atoms with E-state index in [9.17, 15) is 14.4 Å². The van der Waals surface area contributed by atoms with Crippen LogP contribution in [-0.4, -0.2) is 72.1 Å². The number of hydrogen-bond donors (Lipinski definition) is 2. The van der Waals surface area contributed by atoms with E-state index in [1.54, 1.807) is 14.0 Å². The molecule has 0 saturated carbocycles. The molecule has 168 valence electrons. The summed E-state index contributed by atoms with van der Waals surface area (Å²) in [4.78, 5) is 49.4. The molecule has 0 radical (unpaired) electrons. The third-order valence-corrected chi connectivity index (χ3v) is 6.38. The van der Waals surface area contributed by atoms with Gasteiger partial charge in [-0.15, -0.1) is 0 Å². The Bertz CT molecular complexity index is 962. The second kappa shape index (κ2) is 10.2. The van der Waals surface area contributed by atoms with Crippen LogP contribution in [0.3, 0.4) is 0 Å². The summed E-state index contributed by atoms with van der Waals surface area (Å²) in [7, 11) is 1.56. The Labute approximate surface area is 188 Å². The highest BCUT2D eigenvalue weighted by molar-refractivity contribution is 7.17. The summed E-state index contributed by atoms with van der Waals surface area (Å²) < 4.78 is 10.6. The lowest BCUT2D eigenvalue weighted by molar-refractivity contribution is 0.0529. The molecular weight excluding hydrogens is 446 g/mol. The van der Waals surface area contributed by atoms with Crippen molar-refractivity contribution in [2.24, 2.45) is 0 Å². The number of methoxy groups -OCH3 is 1. The van der Waals surface area contributed by atoms with E-state index in [-0.39, 0.29) is 46.2 Å². The van der Waals surface area contributed by atoms with Crippen molar-refractivity contribution in [3.63, 3.8) is 0 Å². The number of ether oxygens (including phenoxy) is 2. The average molecular weight is 470 g/mol. The first-order valence-electron chi connectivity index (χ1n) is 9.87. The van der Waals surface area contributed by atoms with Gasteiger partial charge in [0.25, 0.3) is 5.91 Å². The Morgan fingerprint density at radius 2 is 2.16 bits per heavy atom. The number of esters is 1. The highest BCUT2D eigenvalue weighted by Crippen LogP contribution is 2.29. The predicted octanol–water partition coefficient (Wildman–Crippen LogP) is 2.09. The van der Waals surface area contributed by atoms with Crippen molar-refractivity contribution in [3.8, 4) is 0 Å². The molecule has 2 aromatic heterocycles. The largest absolute Gasteiger partial charge is 0.462 e. The number of rotatable bonds is 8. The fourth-order valence-electron chi connectivity index (χ4n) is 3.34. The number of aryl methyl sites for hydroxylation is 1. The summed E-state index contributed by atoms with van der Waals surface area (Å²) in [5.74, 6) is -0.764. The van der Waals surface area contributed by atoms with Crippen molar-refractivity contribution in [1.82, 2.24) is 20.3 Å². The number of amides is 1. The molecule has 12 heteroatoms. The zero-order valence-corrected chi connectivity index (χ0v) is 19.0. The normalized spacial score (nSPS) is 18.6. The second-order valence-corrected chi connectivity index (χ2v) is 8.18. The fraction of sp³-hybridized carbons (Fsp3) is 0.526. The van der Waals surface area contributed by atoms with Crippen molar-refractivity contribution in [3.05, 3.63) is 27.2 Å². The summed E-state index contributed by atoms with van der Waals surface area (Å²) in [6.45, 7) is 4.80. The van der Waals surface area contributed by atoms with Gasteiger partial charge in [0.05, 0.1) is 24.4 Å². The van der Waals surface area contributed by atoms with Crippen LogP contribution in [0.5, 0.6) is 0 Å². The average Bonchev–Trinajstić information content (AvgIpc) is 3.37. The van der Waals surface area contributed by atoms with Gasteiger partial charge in [-0.05, 0) is 19.8 Å². The molecule has 10 nitrogen and oxygen atoms in total. The number of carbonyl (C=O) groups excluding carboxylic acids is 3. The van der Waals surface area contributed by atoms with Gasteiger partial charge < -0.3 is 24.7 Å². The van der Waals surface area contributed by atoms with E-state index in [4.69, 9.17) is 21.1 Å². The van der Waals surface area contributed by atoms with E-state index >= 15 is 0 Å². The van der Waals surface area contributed by atoms with E-state index in [1.165, 1.54) is 0 Å². The first-order chi connectivity index (χ1) is 14.9. The Balaban J connectivity index is 1.70. The minimum Gasteiger partial charge on any atom is -0.462 e. The number of carbonyl (C=O) groups is 3. The molecule has 0 aliphatic carbocycles. The van der Waals surface area contributed by atoms with Crippen molar-refractivity contribution in [2.75, 3.05) is 31.7 Å². The zero-order valence-electron chi connectivity index (χ0n) is 17.4.